The maximum atomic E-state index is 11.6. The van der Waals surface area contributed by atoms with Crippen LogP contribution in [0.1, 0.15) is 13.3 Å². The third kappa shape index (κ3) is 3.37. The normalized spacial score (nSPS) is 17.9. The lowest BCUT2D eigenvalue weighted by Crippen LogP contribution is -2.35. The molecule has 0 saturated heterocycles. The minimum atomic E-state index is -0.309. The van der Waals surface area contributed by atoms with E-state index in [1.165, 1.54) is 0 Å². The van der Waals surface area contributed by atoms with Gasteiger partial charge in [0.25, 0.3) is 0 Å². The smallest absolute Gasteiger partial charge is 0.319 e. The Morgan fingerprint density at radius 1 is 1.56 bits per heavy atom. The molecule has 96 valence electrons. The number of nitrogens with zero attached hydrogens (tertiary/aromatic N) is 1. The summed E-state index contributed by atoms with van der Waals surface area (Å²) in [6, 6.07) is 6.75. The van der Waals surface area contributed by atoms with E-state index in [9.17, 15) is 4.79 Å². The monoisotopic (exact) mass is 267 g/mol. The van der Waals surface area contributed by atoms with Crippen LogP contribution in [0, 0.1) is 0 Å². The van der Waals surface area contributed by atoms with Gasteiger partial charge in [-0.3, -0.25) is 0 Å². The van der Waals surface area contributed by atoms with Crippen LogP contribution in [0.2, 0.25) is 5.02 Å². The van der Waals surface area contributed by atoms with E-state index in [0.29, 0.717) is 17.3 Å². The van der Waals surface area contributed by atoms with Gasteiger partial charge in [-0.05, 0) is 19.1 Å². The number of nitrogens with one attached hydrogen (secondary N) is 2. The number of para-hydroxylation sites is 1. The number of amides is 2. The van der Waals surface area contributed by atoms with E-state index in [0.717, 1.165) is 12.1 Å². The summed E-state index contributed by atoms with van der Waals surface area (Å²) in [6.07, 6.45) is 0.661. The quantitative estimate of drug-likeness (QED) is 0.884. The molecule has 0 bridgehead atoms. The van der Waals surface area contributed by atoms with Gasteiger partial charge in [0, 0.05) is 6.42 Å². The molecule has 5 nitrogen and oxygen atoms in total. The number of benzene rings is 1. The summed E-state index contributed by atoms with van der Waals surface area (Å²) in [5.41, 5.74) is 1.52. The highest BCUT2D eigenvalue weighted by atomic mass is 35.5. The summed E-state index contributed by atoms with van der Waals surface area (Å²) in [7, 11) is 0. The number of urea groups is 1. The summed E-state index contributed by atoms with van der Waals surface area (Å²) in [5.74, 6) is 0. The van der Waals surface area contributed by atoms with Gasteiger partial charge < -0.3 is 15.5 Å². The molecule has 1 aromatic carbocycles. The van der Waals surface area contributed by atoms with Crippen molar-refractivity contribution in [3.63, 3.8) is 0 Å². The molecular formula is C12H14ClN3O2. The predicted molar refractivity (Wildman–Crippen MR) is 71.1 cm³/mol. The van der Waals surface area contributed by atoms with Gasteiger partial charge in [0.05, 0.1) is 23.0 Å². The molecule has 6 heteroatoms. The van der Waals surface area contributed by atoms with Crippen molar-refractivity contribution in [2.75, 3.05) is 11.9 Å². The van der Waals surface area contributed by atoms with Crippen LogP contribution in [0.3, 0.4) is 0 Å². The Bertz CT molecular complexity index is 476. The second kappa shape index (κ2) is 5.73. The number of carbonyl (C=O) groups excluding carboxylic acids is 1. The maximum absolute atomic E-state index is 11.6. The van der Waals surface area contributed by atoms with Gasteiger partial charge in [-0.25, -0.2) is 4.79 Å². The number of hydrogen-bond donors (Lipinski definition) is 2. The van der Waals surface area contributed by atoms with E-state index in [4.69, 9.17) is 16.4 Å². The Morgan fingerprint density at radius 3 is 3.00 bits per heavy atom. The highest BCUT2D eigenvalue weighted by molar-refractivity contribution is 6.33. The van der Waals surface area contributed by atoms with Crippen LogP contribution in [0.4, 0.5) is 10.5 Å². The van der Waals surface area contributed by atoms with E-state index in [1.54, 1.807) is 24.3 Å². The van der Waals surface area contributed by atoms with Gasteiger partial charge in [0.1, 0.15) is 6.10 Å². The van der Waals surface area contributed by atoms with Crippen LogP contribution in [0.5, 0.6) is 0 Å². The predicted octanol–water partition coefficient (Wildman–Crippen LogP) is 2.63. The standard InChI is InChI=1S/C12H14ClN3O2/c1-8-6-9(18-16-8)7-14-12(17)15-11-5-3-2-4-10(11)13/h2-5,9H,6-7H2,1H3,(H2,14,15,17)/t9-/m0/s1. The van der Waals surface area contributed by atoms with Crippen molar-refractivity contribution in [2.24, 2.45) is 5.16 Å². The maximum Gasteiger partial charge on any atom is 0.319 e. The van der Waals surface area contributed by atoms with Gasteiger partial charge in [0.2, 0.25) is 0 Å². The Balaban J connectivity index is 1.78. The first-order valence-corrected chi connectivity index (χ1v) is 6.01. The van der Waals surface area contributed by atoms with Crippen molar-refractivity contribution < 1.29 is 9.63 Å². The van der Waals surface area contributed by atoms with Crippen LogP contribution in [0.15, 0.2) is 29.4 Å². The number of oxime groups is 1. The van der Waals surface area contributed by atoms with Crippen LogP contribution in [-0.2, 0) is 4.84 Å². The van der Waals surface area contributed by atoms with E-state index < -0.39 is 0 Å². The second-order valence-electron chi connectivity index (χ2n) is 4.07. The molecule has 0 unspecified atom stereocenters. The molecule has 0 fully saturated rings. The number of halogens is 1. The van der Waals surface area contributed by atoms with Crippen molar-refractivity contribution in [1.29, 1.82) is 0 Å². The molecule has 18 heavy (non-hydrogen) atoms. The molecule has 0 spiro atoms. The van der Waals surface area contributed by atoms with Crippen molar-refractivity contribution in [2.45, 2.75) is 19.4 Å². The van der Waals surface area contributed by atoms with Crippen LogP contribution < -0.4 is 10.6 Å². The molecule has 2 N–H and O–H groups in total. The molecule has 1 aromatic rings. The zero-order chi connectivity index (χ0) is 13.0. The summed E-state index contributed by atoms with van der Waals surface area (Å²) in [4.78, 5) is 16.7. The molecule has 2 rings (SSSR count). The first-order chi connectivity index (χ1) is 8.65. The minimum absolute atomic E-state index is 0.0815. The third-order valence-corrected chi connectivity index (χ3v) is 2.82. The van der Waals surface area contributed by atoms with Crippen LogP contribution >= 0.6 is 11.6 Å². The number of rotatable bonds is 3. The topological polar surface area (TPSA) is 62.7 Å². The Labute approximate surface area is 110 Å². The second-order valence-corrected chi connectivity index (χ2v) is 4.48. The van der Waals surface area contributed by atoms with E-state index in [-0.39, 0.29) is 12.1 Å². The zero-order valence-electron chi connectivity index (χ0n) is 9.94. The molecule has 2 amide bonds. The first-order valence-electron chi connectivity index (χ1n) is 5.64. The fourth-order valence-electron chi connectivity index (χ4n) is 1.61. The van der Waals surface area contributed by atoms with Gasteiger partial charge in [-0.2, -0.15) is 0 Å². The van der Waals surface area contributed by atoms with Crippen molar-refractivity contribution in [1.82, 2.24) is 5.32 Å². The largest absolute Gasteiger partial charge is 0.390 e. The molecule has 0 saturated carbocycles. The number of carbonyl (C=O) groups is 1. The number of anilines is 1. The zero-order valence-corrected chi connectivity index (χ0v) is 10.7. The van der Waals surface area contributed by atoms with Crippen LogP contribution in [-0.4, -0.2) is 24.4 Å². The Hall–Kier alpha value is -1.75. The first kappa shape index (κ1) is 12.7. The van der Waals surface area contributed by atoms with Crippen molar-refractivity contribution >= 4 is 29.0 Å². The average molecular weight is 268 g/mol. The molecular weight excluding hydrogens is 254 g/mol. The summed E-state index contributed by atoms with van der Waals surface area (Å²) in [5, 5.41) is 9.71. The third-order valence-electron chi connectivity index (χ3n) is 2.49. The molecule has 1 aliphatic heterocycles. The molecule has 0 radical (unpaired) electrons. The number of hydrogen-bond acceptors (Lipinski definition) is 3. The average Bonchev–Trinajstić information content (AvgIpc) is 2.76. The van der Waals surface area contributed by atoms with Gasteiger partial charge in [-0.1, -0.05) is 28.9 Å². The van der Waals surface area contributed by atoms with Crippen molar-refractivity contribution in [3.8, 4) is 0 Å². The SMILES string of the molecule is CC1=NO[C@H](CNC(=O)Nc2ccccc2Cl)C1. The molecule has 1 atom stereocenters. The highest BCUT2D eigenvalue weighted by Crippen LogP contribution is 2.20. The van der Waals surface area contributed by atoms with E-state index >= 15 is 0 Å². The Kier molecular flexibility index (Phi) is 4.04. The lowest BCUT2D eigenvalue weighted by molar-refractivity contribution is 0.0870. The molecule has 1 heterocycles. The summed E-state index contributed by atoms with van der Waals surface area (Å²) >= 11 is 5.93. The van der Waals surface area contributed by atoms with Gasteiger partial charge in [-0.15, -0.1) is 0 Å². The molecule has 0 aromatic heterocycles. The van der Waals surface area contributed by atoms with Crippen molar-refractivity contribution in [3.05, 3.63) is 29.3 Å². The fraction of sp³-hybridized carbons (Fsp3) is 0.333. The molecule has 0 aliphatic carbocycles. The lowest BCUT2D eigenvalue weighted by Gasteiger charge is -2.11. The fourth-order valence-corrected chi connectivity index (χ4v) is 1.80. The van der Waals surface area contributed by atoms with Gasteiger partial charge >= 0.3 is 6.03 Å². The summed E-state index contributed by atoms with van der Waals surface area (Å²) in [6.45, 7) is 2.31. The van der Waals surface area contributed by atoms with E-state index in [1.807, 2.05) is 6.92 Å². The Morgan fingerprint density at radius 2 is 2.33 bits per heavy atom. The van der Waals surface area contributed by atoms with E-state index in [2.05, 4.69) is 15.8 Å². The van der Waals surface area contributed by atoms with Crippen LogP contribution in [0.25, 0.3) is 0 Å². The van der Waals surface area contributed by atoms with Gasteiger partial charge in [0.15, 0.2) is 0 Å². The lowest BCUT2D eigenvalue weighted by atomic mass is 10.2. The highest BCUT2D eigenvalue weighted by Gasteiger charge is 2.18. The minimum Gasteiger partial charge on any atom is -0.390 e. The molecule has 1 aliphatic rings. The summed E-state index contributed by atoms with van der Waals surface area (Å²) < 4.78 is 0.